The van der Waals surface area contributed by atoms with E-state index in [1.54, 1.807) is 0 Å². The summed E-state index contributed by atoms with van der Waals surface area (Å²) in [5.74, 6) is -0.462. The molecule has 0 bridgehead atoms. The van der Waals surface area contributed by atoms with Crippen molar-refractivity contribution in [3.8, 4) is 0 Å². The zero-order chi connectivity index (χ0) is 18.8. The molecule has 1 saturated heterocycles. The predicted octanol–water partition coefficient (Wildman–Crippen LogP) is 3.87. The molecule has 0 spiro atoms. The minimum atomic E-state index is -4.06. The van der Waals surface area contributed by atoms with Gasteiger partial charge in [-0.3, -0.25) is 4.99 Å². The van der Waals surface area contributed by atoms with Crippen LogP contribution in [-0.4, -0.2) is 57.2 Å². The summed E-state index contributed by atoms with van der Waals surface area (Å²) < 4.78 is 49.4. The van der Waals surface area contributed by atoms with Crippen molar-refractivity contribution in [2.24, 2.45) is 10.9 Å². The third-order valence-electron chi connectivity index (χ3n) is 4.97. The fraction of sp³-hybridized carbons (Fsp3) is 0.944. The molecule has 2 fully saturated rings. The first-order valence-corrected chi connectivity index (χ1v) is 9.80. The SMILES string of the molecule is CCNC(=NCCCOC1CCOCC1)NC1CCC(C(F)(F)F)CC1.I. The maximum Gasteiger partial charge on any atom is 0.391 e. The van der Waals surface area contributed by atoms with Gasteiger partial charge in [-0.2, -0.15) is 13.2 Å². The number of hydrogen-bond acceptors (Lipinski definition) is 3. The molecule has 0 atom stereocenters. The molecule has 1 aliphatic heterocycles. The molecule has 1 aliphatic carbocycles. The average Bonchev–Trinajstić information content (AvgIpc) is 2.62. The summed E-state index contributed by atoms with van der Waals surface area (Å²) in [7, 11) is 0. The Labute approximate surface area is 177 Å². The van der Waals surface area contributed by atoms with Crippen LogP contribution in [0.25, 0.3) is 0 Å². The molecule has 9 heteroatoms. The van der Waals surface area contributed by atoms with Crippen LogP contribution in [0.5, 0.6) is 0 Å². The Morgan fingerprint density at radius 2 is 1.78 bits per heavy atom. The molecule has 0 radical (unpaired) electrons. The van der Waals surface area contributed by atoms with Crippen LogP contribution in [-0.2, 0) is 9.47 Å². The first-order valence-electron chi connectivity index (χ1n) is 9.80. The fourth-order valence-corrected chi connectivity index (χ4v) is 3.43. The summed E-state index contributed by atoms with van der Waals surface area (Å²) in [5.41, 5.74) is 0. The average molecular weight is 507 g/mol. The van der Waals surface area contributed by atoms with Crippen molar-refractivity contribution >= 4 is 29.9 Å². The van der Waals surface area contributed by atoms with Crippen LogP contribution < -0.4 is 10.6 Å². The maximum atomic E-state index is 12.7. The van der Waals surface area contributed by atoms with Crippen LogP contribution in [0.2, 0.25) is 0 Å². The molecule has 1 heterocycles. The zero-order valence-electron chi connectivity index (χ0n) is 16.0. The predicted molar refractivity (Wildman–Crippen MR) is 111 cm³/mol. The van der Waals surface area contributed by atoms with Crippen molar-refractivity contribution in [1.82, 2.24) is 10.6 Å². The maximum absolute atomic E-state index is 12.7. The van der Waals surface area contributed by atoms with Gasteiger partial charge in [-0.15, -0.1) is 24.0 Å². The summed E-state index contributed by atoms with van der Waals surface area (Å²) in [6.45, 7) is 5.55. The standard InChI is InChI=1S/C18H32F3N3O2.HI/c1-2-22-17(23-10-3-11-26-16-8-12-25-13-9-16)24-15-6-4-14(5-7-15)18(19,20)21;/h14-16H,2-13H2,1H3,(H2,22,23,24);1H. The topological polar surface area (TPSA) is 54.9 Å². The number of ether oxygens (including phenoxy) is 2. The number of hydrogen-bond donors (Lipinski definition) is 2. The van der Waals surface area contributed by atoms with Gasteiger partial charge in [0.15, 0.2) is 5.96 Å². The number of aliphatic imine (C=N–C) groups is 1. The molecule has 0 unspecified atom stereocenters. The lowest BCUT2D eigenvalue weighted by atomic mass is 9.85. The van der Waals surface area contributed by atoms with E-state index in [1.807, 2.05) is 6.92 Å². The molecule has 0 aromatic carbocycles. The van der Waals surface area contributed by atoms with Crippen LogP contribution >= 0.6 is 24.0 Å². The van der Waals surface area contributed by atoms with E-state index in [0.717, 1.165) is 39.0 Å². The summed E-state index contributed by atoms with van der Waals surface area (Å²) in [6.07, 6.45) is 0.412. The molecule has 0 aromatic heterocycles. The molecular weight excluding hydrogens is 474 g/mol. The van der Waals surface area contributed by atoms with E-state index >= 15 is 0 Å². The van der Waals surface area contributed by atoms with Crippen LogP contribution in [0, 0.1) is 5.92 Å². The minimum Gasteiger partial charge on any atom is -0.381 e. The lowest BCUT2D eigenvalue weighted by molar-refractivity contribution is -0.182. The number of alkyl halides is 3. The Bertz CT molecular complexity index is 425. The molecule has 0 amide bonds. The highest BCUT2D eigenvalue weighted by atomic mass is 127. The van der Waals surface area contributed by atoms with Gasteiger partial charge < -0.3 is 20.1 Å². The van der Waals surface area contributed by atoms with Crippen molar-refractivity contribution < 1.29 is 22.6 Å². The van der Waals surface area contributed by atoms with E-state index < -0.39 is 12.1 Å². The second kappa shape index (κ2) is 13.0. The van der Waals surface area contributed by atoms with E-state index in [1.165, 1.54) is 0 Å². The summed E-state index contributed by atoms with van der Waals surface area (Å²) in [5, 5.41) is 6.45. The number of nitrogens with one attached hydrogen (secondary N) is 2. The van der Waals surface area contributed by atoms with Crippen molar-refractivity contribution in [3.05, 3.63) is 0 Å². The van der Waals surface area contributed by atoms with Crippen LogP contribution in [0.3, 0.4) is 0 Å². The van der Waals surface area contributed by atoms with Gasteiger partial charge >= 0.3 is 6.18 Å². The normalized spacial score (nSPS) is 25.0. The Morgan fingerprint density at radius 1 is 1.11 bits per heavy atom. The third kappa shape index (κ3) is 9.65. The van der Waals surface area contributed by atoms with Crippen molar-refractivity contribution in [2.75, 3.05) is 32.9 Å². The van der Waals surface area contributed by atoms with E-state index in [0.29, 0.717) is 38.1 Å². The lowest BCUT2D eigenvalue weighted by Crippen LogP contribution is -2.45. The zero-order valence-corrected chi connectivity index (χ0v) is 18.4. The van der Waals surface area contributed by atoms with Crippen molar-refractivity contribution in [1.29, 1.82) is 0 Å². The minimum absolute atomic E-state index is 0. The van der Waals surface area contributed by atoms with Gasteiger partial charge in [0.25, 0.3) is 0 Å². The molecule has 160 valence electrons. The first kappa shape index (κ1) is 24.7. The first-order chi connectivity index (χ1) is 12.5. The Hall–Kier alpha value is -0.290. The summed E-state index contributed by atoms with van der Waals surface area (Å²) >= 11 is 0. The summed E-state index contributed by atoms with van der Waals surface area (Å²) in [4.78, 5) is 4.53. The quantitative estimate of drug-likeness (QED) is 0.238. The van der Waals surface area contributed by atoms with E-state index in [-0.39, 0.29) is 42.9 Å². The Balaban J connectivity index is 0.00000364. The highest BCUT2D eigenvalue weighted by Gasteiger charge is 2.41. The van der Waals surface area contributed by atoms with Crippen LogP contribution in [0.15, 0.2) is 4.99 Å². The van der Waals surface area contributed by atoms with Gasteiger partial charge in [-0.05, 0) is 51.9 Å². The van der Waals surface area contributed by atoms with Crippen molar-refractivity contribution in [3.63, 3.8) is 0 Å². The Morgan fingerprint density at radius 3 is 2.37 bits per heavy atom. The molecule has 1 saturated carbocycles. The molecule has 0 aromatic rings. The monoisotopic (exact) mass is 507 g/mol. The van der Waals surface area contributed by atoms with E-state index in [9.17, 15) is 13.2 Å². The second-order valence-corrected chi connectivity index (χ2v) is 7.03. The van der Waals surface area contributed by atoms with Gasteiger partial charge in [-0.25, -0.2) is 0 Å². The fourth-order valence-electron chi connectivity index (χ4n) is 3.43. The Kier molecular flexibility index (Phi) is 11.9. The number of guanidine groups is 1. The van der Waals surface area contributed by atoms with E-state index in [4.69, 9.17) is 9.47 Å². The van der Waals surface area contributed by atoms with Crippen LogP contribution in [0.1, 0.15) is 51.9 Å². The van der Waals surface area contributed by atoms with Crippen molar-refractivity contribution in [2.45, 2.75) is 70.2 Å². The molecule has 27 heavy (non-hydrogen) atoms. The van der Waals surface area contributed by atoms with Crippen LogP contribution in [0.4, 0.5) is 13.2 Å². The second-order valence-electron chi connectivity index (χ2n) is 7.03. The molecule has 5 nitrogen and oxygen atoms in total. The highest BCUT2D eigenvalue weighted by Crippen LogP contribution is 2.37. The highest BCUT2D eigenvalue weighted by molar-refractivity contribution is 14.0. The summed E-state index contributed by atoms with van der Waals surface area (Å²) in [6, 6.07) is 0.0601. The molecular formula is C18H33F3IN3O2. The van der Waals surface area contributed by atoms with Gasteiger partial charge in [0.2, 0.25) is 0 Å². The largest absolute Gasteiger partial charge is 0.391 e. The molecule has 2 rings (SSSR count). The van der Waals surface area contributed by atoms with E-state index in [2.05, 4.69) is 15.6 Å². The van der Waals surface area contributed by atoms with Gasteiger partial charge in [0.1, 0.15) is 0 Å². The molecule has 2 N–H and O–H groups in total. The van der Waals surface area contributed by atoms with Gasteiger partial charge in [0, 0.05) is 39.0 Å². The smallest absolute Gasteiger partial charge is 0.381 e. The van der Waals surface area contributed by atoms with Gasteiger partial charge in [0.05, 0.1) is 12.0 Å². The number of nitrogens with zero attached hydrogens (tertiary/aromatic N) is 1. The van der Waals surface area contributed by atoms with Gasteiger partial charge in [-0.1, -0.05) is 0 Å². The molecule has 2 aliphatic rings. The lowest BCUT2D eigenvalue weighted by Gasteiger charge is -2.31. The third-order valence-corrected chi connectivity index (χ3v) is 4.97. The number of halogens is 4. The number of rotatable bonds is 7.